The van der Waals surface area contributed by atoms with E-state index < -0.39 is 16.9 Å². The highest BCUT2D eigenvalue weighted by atomic mass is 32.2. The summed E-state index contributed by atoms with van der Waals surface area (Å²) in [5.41, 5.74) is 6.90. The molecule has 0 aliphatic heterocycles. The molecule has 0 aliphatic rings. The van der Waals surface area contributed by atoms with Crippen molar-refractivity contribution >= 4 is 34.0 Å². The summed E-state index contributed by atoms with van der Waals surface area (Å²) in [7, 11) is -0.0811. The molecule has 1 aromatic carbocycles. The van der Waals surface area contributed by atoms with Gasteiger partial charge in [-0.15, -0.1) is 0 Å². The number of amides is 1. The third-order valence-electron chi connectivity index (χ3n) is 3.13. The Morgan fingerprint density at radius 2 is 2.09 bits per heavy atom. The number of imidazole rings is 1. The molecular weight excluding hydrogens is 316 g/mol. The van der Waals surface area contributed by atoms with Gasteiger partial charge in [-0.25, -0.2) is 14.0 Å². The van der Waals surface area contributed by atoms with E-state index >= 15 is 0 Å². The average Bonchev–Trinajstić information content (AvgIpc) is 2.95. The minimum atomic E-state index is -1.36. The fraction of sp³-hybridized carbons (Fsp3) is 0.0667. The van der Waals surface area contributed by atoms with Gasteiger partial charge in [-0.05, 0) is 30.3 Å². The number of ether oxygens (including phenoxy) is 1. The quantitative estimate of drug-likeness (QED) is 0.718. The Morgan fingerprint density at radius 3 is 2.83 bits per heavy atom. The molecule has 0 fully saturated rings. The molecule has 7 nitrogen and oxygen atoms in total. The second kappa shape index (κ2) is 6.09. The van der Waals surface area contributed by atoms with Crippen LogP contribution in [-0.2, 0) is 15.5 Å². The Bertz CT molecular complexity index is 907. The summed E-state index contributed by atoms with van der Waals surface area (Å²) in [5, 5.41) is 2.48. The molecule has 0 spiro atoms. The zero-order valence-corrected chi connectivity index (χ0v) is 13.0. The van der Waals surface area contributed by atoms with Gasteiger partial charge in [0.05, 0.1) is 29.0 Å². The van der Waals surface area contributed by atoms with Crippen molar-refractivity contribution in [2.45, 2.75) is 9.79 Å². The van der Waals surface area contributed by atoms with Gasteiger partial charge in [0.2, 0.25) is 0 Å². The minimum absolute atomic E-state index is 0.351. The standard InChI is InChI=1S/C15H14N4O3S/c1-22-15(20)18-13-9-19-8-12(5-6-14(19)17-13)23(21)11-4-2-3-10(16)7-11/h2-9H,16H2,1H3,(H,18,20). The van der Waals surface area contributed by atoms with Crippen LogP contribution in [0.15, 0.2) is 58.6 Å². The molecule has 2 heterocycles. The number of hydrogen-bond acceptors (Lipinski definition) is 5. The number of hydrogen-bond donors (Lipinski definition) is 2. The molecule has 8 heteroatoms. The van der Waals surface area contributed by atoms with Gasteiger partial charge < -0.3 is 14.9 Å². The number of fused-ring (bicyclic) bond motifs is 1. The third kappa shape index (κ3) is 3.16. The summed E-state index contributed by atoms with van der Waals surface area (Å²) < 4.78 is 18.8. The predicted molar refractivity (Wildman–Crippen MR) is 86.7 cm³/mol. The monoisotopic (exact) mass is 330 g/mol. The number of rotatable bonds is 3. The summed E-state index contributed by atoms with van der Waals surface area (Å²) in [5.74, 6) is 0.351. The first-order chi connectivity index (χ1) is 11.1. The van der Waals surface area contributed by atoms with E-state index in [1.165, 1.54) is 7.11 Å². The highest BCUT2D eigenvalue weighted by molar-refractivity contribution is 7.85. The number of nitrogen functional groups attached to an aromatic ring is 1. The van der Waals surface area contributed by atoms with E-state index in [0.717, 1.165) is 0 Å². The summed E-state index contributed by atoms with van der Waals surface area (Å²) in [6.45, 7) is 0. The molecule has 118 valence electrons. The maximum atomic E-state index is 12.6. The molecule has 3 rings (SSSR count). The van der Waals surface area contributed by atoms with Gasteiger partial charge in [0.25, 0.3) is 0 Å². The van der Waals surface area contributed by atoms with Crippen molar-refractivity contribution in [1.29, 1.82) is 0 Å². The molecule has 0 saturated carbocycles. The average molecular weight is 330 g/mol. The predicted octanol–water partition coefficient (Wildman–Crippen LogP) is 2.26. The lowest BCUT2D eigenvalue weighted by atomic mass is 10.3. The largest absolute Gasteiger partial charge is 0.453 e. The number of carbonyl (C=O) groups excluding carboxylic acids is 1. The van der Waals surface area contributed by atoms with E-state index in [0.29, 0.717) is 26.9 Å². The zero-order valence-electron chi connectivity index (χ0n) is 12.2. The Labute approximate surface area is 134 Å². The topological polar surface area (TPSA) is 98.7 Å². The Morgan fingerprint density at radius 1 is 1.26 bits per heavy atom. The van der Waals surface area contributed by atoms with Crippen LogP contribution in [-0.4, -0.2) is 26.8 Å². The summed E-state index contributed by atoms with van der Waals surface area (Å²) in [4.78, 5) is 16.7. The fourth-order valence-electron chi connectivity index (χ4n) is 2.06. The minimum Gasteiger partial charge on any atom is -0.453 e. The molecule has 2 aromatic heterocycles. The van der Waals surface area contributed by atoms with Crippen molar-refractivity contribution in [2.75, 3.05) is 18.2 Å². The number of nitrogens with one attached hydrogen (secondary N) is 1. The third-order valence-corrected chi connectivity index (χ3v) is 4.48. The molecule has 0 saturated heterocycles. The normalized spacial score (nSPS) is 12.0. The Balaban J connectivity index is 1.93. The summed E-state index contributed by atoms with van der Waals surface area (Å²) in [6, 6.07) is 10.4. The molecule has 23 heavy (non-hydrogen) atoms. The number of methoxy groups -OCH3 is 1. The van der Waals surface area contributed by atoms with Gasteiger partial charge in [0.1, 0.15) is 5.65 Å². The number of nitrogens with two attached hydrogens (primary N) is 1. The molecule has 1 atom stereocenters. The first kappa shape index (κ1) is 15.0. The smallest absolute Gasteiger partial charge is 0.412 e. The second-order valence-corrected chi connectivity index (χ2v) is 6.19. The molecule has 1 unspecified atom stereocenters. The number of anilines is 2. The SMILES string of the molecule is COC(=O)Nc1cn2cc(S(=O)c3cccc(N)c3)ccc2n1. The second-order valence-electron chi connectivity index (χ2n) is 4.71. The highest BCUT2D eigenvalue weighted by Gasteiger charge is 2.11. The van der Waals surface area contributed by atoms with E-state index in [-0.39, 0.29) is 0 Å². The van der Waals surface area contributed by atoms with Gasteiger partial charge in [0.15, 0.2) is 5.82 Å². The molecule has 0 bridgehead atoms. The lowest BCUT2D eigenvalue weighted by molar-refractivity contribution is 0.187. The number of carbonyl (C=O) groups is 1. The lowest BCUT2D eigenvalue weighted by Crippen LogP contribution is -2.10. The van der Waals surface area contributed by atoms with Crippen molar-refractivity contribution in [1.82, 2.24) is 9.38 Å². The first-order valence-corrected chi connectivity index (χ1v) is 7.83. The molecular formula is C15H14N4O3S. The van der Waals surface area contributed by atoms with Crippen LogP contribution in [0.3, 0.4) is 0 Å². The number of pyridine rings is 1. The Hall–Kier alpha value is -2.87. The van der Waals surface area contributed by atoms with Gasteiger partial charge >= 0.3 is 6.09 Å². The van der Waals surface area contributed by atoms with Crippen LogP contribution in [0.1, 0.15) is 0 Å². The van der Waals surface area contributed by atoms with E-state index in [2.05, 4.69) is 15.0 Å². The van der Waals surface area contributed by atoms with Crippen molar-refractivity contribution in [3.8, 4) is 0 Å². The highest BCUT2D eigenvalue weighted by Crippen LogP contribution is 2.20. The van der Waals surface area contributed by atoms with Gasteiger partial charge in [-0.2, -0.15) is 0 Å². The van der Waals surface area contributed by atoms with Crippen LogP contribution in [0.2, 0.25) is 0 Å². The number of aromatic nitrogens is 2. The zero-order chi connectivity index (χ0) is 16.4. The maximum Gasteiger partial charge on any atom is 0.412 e. The molecule has 0 radical (unpaired) electrons. The van der Waals surface area contributed by atoms with Gasteiger partial charge in [0, 0.05) is 16.8 Å². The molecule has 1 amide bonds. The van der Waals surface area contributed by atoms with Crippen LogP contribution < -0.4 is 11.1 Å². The van der Waals surface area contributed by atoms with Crippen molar-refractivity contribution in [3.05, 3.63) is 48.8 Å². The van der Waals surface area contributed by atoms with Crippen LogP contribution in [0, 0.1) is 0 Å². The van der Waals surface area contributed by atoms with E-state index in [9.17, 15) is 9.00 Å². The first-order valence-electron chi connectivity index (χ1n) is 6.68. The lowest BCUT2D eigenvalue weighted by Gasteiger charge is -2.04. The van der Waals surface area contributed by atoms with Crippen molar-refractivity contribution in [3.63, 3.8) is 0 Å². The van der Waals surface area contributed by atoms with Crippen LogP contribution in [0.25, 0.3) is 5.65 Å². The Kier molecular flexibility index (Phi) is 3.98. The number of benzene rings is 1. The summed E-state index contributed by atoms with van der Waals surface area (Å²) >= 11 is 0. The van der Waals surface area contributed by atoms with E-state index in [4.69, 9.17) is 5.73 Å². The molecule has 0 aliphatic carbocycles. The fourth-order valence-corrected chi connectivity index (χ4v) is 3.18. The van der Waals surface area contributed by atoms with Crippen LogP contribution >= 0.6 is 0 Å². The molecule has 3 N–H and O–H groups in total. The van der Waals surface area contributed by atoms with Gasteiger partial charge in [-0.1, -0.05) is 6.07 Å². The maximum absolute atomic E-state index is 12.6. The van der Waals surface area contributed by atoms with Crippen molar-refractivity contribution < 1.29 is 13.7 Å². The van der Waals surface area contributed by atoms with Crippen LogP contribution in [0.5, 0.6) is 0 Å². The van der Waals surface area contributed by atoms with Gasteiger partial charge in [-0.3, -0.25) is 5.32 Å². The molecule has 3 aromatic rings. The van der Waals surface area contributed by atoms with Crippen molar-refractivity contribution in [2.24, 2.45) is 0 Å². The van der Waals surface area contributed by atoms with Crippen LogP contribution in [0.4, 0.5) is 16.3 Å². The van der Waals surface area contributed by atoms with E-state index in [1.54, 1.807) is 53.2 Å². The number of nitrogens with zero attached hydrogens (tertiary/aromatic N) is 2. The van der Waals surface area contributed by atoms with E-state index in [1.807, 2.05) is 0 Å². The summed E-state index contributed by atoms with van der Waals surface area (Å²) in [6.07, 6.45) is 2.72.